The molecule has 2 saturated carbocycles. The number of hydrogen-bond acceptors (Lipinski definition) is 5. The topological polar surface area (TPSA) is 94.0 Å². The molecular weight excluding hydrogens is 517 g/mol. The highest BCUT2D eigenvalue weighted by Gasteiger charge is 2.39. The molecule has 2 aromatic heterocycles. The molecule has 2 aliphatic rings. The second-order valence-corrected chi connectivity index (χ2v) is 12.3. The molecule has 5 rings (SSSR count). The fourth-order valence-electron chi connectivity index (χ4n) is 4.73. The van der Waals surface area contributed by atoms with E-state index in [2.05, 4.69) is 15.4 Å². The Morgan fingerprint density at radius 3 is 2.32 bits per heavy atom. The fraction of sp³-hybridized carbons (Fsp3) is 0.519. The van der Waals surface area contributed by atoms with Crippen molar-refractivity contribution in [1.29, 1.82) is 0 Å². The van der Waals surface area contributed by atoms with Crippen molar-refractivity contribution in [2.45, 2.75) is 75.4 Å². The van der Waals surface area contributed by atoms with Gasteiger partial charge in [0.1, 0.15) is 11.0 Å². The third-order valence-corrected chi connectivity index (χ3v) is 8.88. The molecule has 0 unspecified atom stereocenters. The first-order chi connectivity index (χ1) is 18.0. The van der Waals surface area contributed by atoms with Gasteiger partial charge in [-0.1, -0.05) is 38.3 Å². The second-order valence-electron chi connectivity index (χ2n) is 9.98. The highest BCUT2D eigenvalue weighted by molar-refractivity contribution is 7.91. The molecule has 0 saturated heterocycles. The Bertz CT molecular complexity index is 1380. The summed E-state index contributed by atoms with van der Waals surface area (Å²) in [6.07, 6.45) is 3.17. The molecule has 2 fully saturated rings. The fourth-order valence-corrected chi connectivity index (χ4v) is 5.61. The maximum absolute atomic E-state index is 12.5. The zero-order valence-electron chi connectivity index (χ0n) is 21.6. The SMILES string of the molecule is CCS(=O)(=O)c1ccc(CNC(=O)c2cnc3c(C4CC4)n(C)nc3c2)cc1.FC(F)(F)C1CCCCC1.[HH]. The van der Waals surface area contributed by atoms with Crippen LogP contribution in [0.25, 0.3) is 11.0 Å². The number of halogens is 3. The number of sulfone groups is 1. The van der Waals surface area contributed by atoms with Gasteiger partial charge in [0.15, 0.2) is 9.84 Å². The summed E-state index contributed by atoms with van der Waals surface area (Å²) in [7, 11) is -1.30. The normalized spacial score (nSPS) is 16.7. The van der Waals surface area contributed by atoms with E-state index >= 15 is 0 Å². The quantitative estimate of drug-likeness (QED) is 0.408. The van der Waals surface area contributed by atoms with Gasteiger partial charge < -0.3 is 5.32 Å². The van der Waals surface area contributed by atoms with Crippen LogP contribution in [-0.2, 0) is 23.4 Å². The molecule has 208 valence electrons. The molecule has 7 nitrogen and oxygen atoms in total. The van der Waals surface area contributed by atoms with Crippen LogP contribution in [0.4, 0.5) is 13.2 Å². The number of alkyl halides is 3. The highest BCUT2D eigenvalue weighted by Crippen LogP contribution is 2.42. The molecule has 0 aliphatic heterocycles. The molecule has 2 heterocycles. The maximum Gasteiger partial charge on any atom is 0.391 e. The maximum atomic E-state index is 12.5. The first kappa shape index (κ1) is 28.1. The van der Waals surface area contributed by atoms with Crippen LogP contribution in [0, 0.1) is 5.92 Å². The van der Waals surface area contributed by atoms with Crippen LogP contribution < -0.4 is 5.32 Å². The van der Waals surface area contributed by atoms with E-state index in [4.69, 9.17) is 0 Å². The largest absolute Gasteiger partial charge is 0.391 e. The van der Waals surface area contributed by atoms with Crippen molar-refractivity contribution >= 4 is 26.8 Å². The average Bonchev–Trinajstić information content (AvgIpc) is 3.68. The van der Waals surface area contributed by atoms with Crippen molar-refractivity contribution in [3.63, 3.8) is 0 Å². The molecule has 0 spiro atoms. The average molecular weight is 553 g/mol. The minimum absolute atomic E-state index is 0. The summed E-state index contributed by atoms with van der Waals surface area (Å²) in [5.41, 5.74) is 4.02. The number of hydrogen-bond donors (Lipinski definition) is 1. The predicted molar refractivity (Wildman–Crippen MR) is 141 cm³/mol. The van der Waals surface area contributed by atoms with E-state index in [-0.39, 0.29) is 13.1 Å². The van der Waals surface area contributed by atoms with E-state index in [1.165, 1.54) is 0 Å². The predicted octanol–water partition coefficient (Wildman–Crippen LogP) is 5.94. The molecule has 3 aromatic rings. The number of rotatable bonds is 6. The summed E-state index contributed by atoms with van der Waals surface area (Å²) in [5.74, 6) is -0.643. The lowest BCUT2D eigenvalue weighted by molar-refractivity contribution is -0.181. The zero-order chi connectivity index (χ0) is 27.5. The zero-order valence-corrected chi connectivity index (χ0v) is 22.4. The van der Waals surface area contributed by atoms with Crippen LogP contribution in [0.1, 0.15) is 80.8 Å². The molecular formula is C27H35F3N4O3S. The van der Waals surface area contributed by atoms with Crippen LogP contribution in [0.3, 0.4) is 0 Å². The molecule has 0 radical (unpaired) electrons. The summed E-state index contributed by atoms with van der Waals surface area (Å²) >= 11 is 0. The Labute approximate surface area is 222 Å². The monoisotopic (exact) mass is 552 g/mol. The molecule has 0 bridgehead atoms. The van der Waals surface area contributed by atoms with Crippen molar-refractivity contribution in [3.05, 3.63) is 53.3 Å². The van der Waals surface area contributed by atoms with E-state index in [1.54, 1.807) is 43.5 Å². The molecule has 1 N–H and O–H groups in total. The number of nitrogens with one attached hydrogen (secondary N) is 1. The lowest BCUT2D eigenvalue weighted by atomic mass is 9.89. The molecule has 0 atom stereocenters. The van der Waals surface area contributed by atoms with Gasteiger partial charge in [0.25, 0.3) is 5.91 Å². The number of fused-ring (bicyclic) bond motifs is 1. The van der Waals surface area contributed by atoms with Gasteiger partial charge in [-0.3, -0.25) is 14.5 Å². The van der Waals surface area contributed by atoms with Gasteiger partial charge in [0.2, 0.25) is 0 Å². The van der Waals surface area contributed by atoms with Gasteiger partial charge in [0.05, 0.1) is 27.8 Å². The molecule has 1 amide bonds. The third-order valence-electron chi connectivity index (χ3n) is 7.13. The number of carbonyl (C=O) groups is 1. The molecule has 38 heavy (non-hydrogen) atoms. The van der Waals surface area contributed by atoms with Crippen LogP contribution in [-0.4, -0.2) is 41.0 Å². The standard InChI is InChI=1S/C20H22N4O3S.C7H11F3.H2/c1-3-28(26,27)16-8-4-13(5-9-16)11-22-20(25)15-10-17-18(21-12-15)19(14-6-7-14)24(2)23-17;8-7(9,10)6-4-2-1-3-5-6;/h4-5,8-10,12,14H,3,6-7,11H2,1-2H3,(H,22,25);6H,1-5H2;1H. The van der Waals surface area contributed by atoms with Crippen molar-refractivity contribution in [1.82, 2.24) is 20.1 Å². The Balaban J connectivity index is 0.000000324. The van der Waals surface area contributed by atoms with Crippen LogP contribution in [0.5, 0.6) is 0 Å². The van der Waals surface area contributed by atoms with E-state index < -0.39 is 21.9 Å². The van der Waals surface area contributed by atoms with Crippen molar-refractivity contribution in [2.75, 3.05) is 5.75 Å². The van der Waals surface area contributed by atoms with E-state index in [9.17, 15) is 26.4 Å². The first-order valence-electron chi connectivity index (χ1n) is 13.0. The summed E-state index contributed by atoms with van der Waals surface area (Å²) in [4.78, 5) is 17.3. The van der Waals surface area contributed by atoms with Gasteiger partial charge in [0, 0.05) is 27.1 Å². The van der Waals surface area contributed by atoms with Crippen LogP contribution in [0.2, 0.25) is 0 Å². The van der Waals surface area contributed by atoms with Crippen LogP contribution >= 0.6 is 0 Å². The number of benzene rings is 1. The minimum atomic E-state index is -3.93. The first-order valence-corrected chi connectivity index (χ1v) is 14.6. The summed E-state index contributed by atoms with van der Waals surface area (Å²) in [5, 5.41) is 7.34. The van der Waals surface area contributed by atoms with Gasteiger partial charge in [-0.25, -0.2) is 8.42 Å². The smallest absolute Gasteiger partial charge is 0.348 e. The van der Waals surface area contributed by atoms with Crippen molar-refractivity contribution in [2.24, 2.45) is 13.0 Å². The Morgan fingerprint density at radius 1 is 1.11 bits per heavy atom. The van der Waals surface area contributed by atoms with Crippen LogP contribution in [0.15, 0.2) is 41.4 Å². The van der Waals surface area contributed by atoms with Gasteiger partial charge >= 0.3 is 6.18 Å². The van der Waals surface area contributed by atoms with Gasteiger partial charge in [-0.05, 0) is 49.4 Å². The molecule has 11 heteroatoms. The number of nitrogens with zero attached hydrogens (tertiary/aromatic N) is 3. The van der Waals surface area contributed by atoms with Crippen molar-refractivity contribution < 1.29 is 27.8 Å². The number of amides is 1. The van der Waals surface area contributed by atoms with Gasteiger partial charge in [-0.2, -0.15) is 18.3 Å². The third kappa shape index (κ3) is 6.73. The lowest BCUT2D eigenvalue weighted by Crippen LogP contribution is -2.24. The summed E-state index contributed by atoms with van der Waals surface area (Å²) in [6.45, 7) is 1.92. The van der Waals surface area contributed by atoms with Gasteiger partial charge in [-0.15, -0.1) is 0 Å². The Hall–Kier alpha value is -2.95. The lowest BCUT2D eigenvalue weighted by Gasteiger charge is -2.23. The summed E-state index contributed by atoms with van der Waals surface area (Å²) in [6, 6.07) is 8.33. The van der Waals surface area contributed by atoms with E-state index in [0.29, 0.717) is 35.8 Å². The molecule has 1 aromatic carbocycles. The van der Waals surface area contributed by atoms with E-state index in [1.807, 2.05) is 11.7 Å². The number of aromatic nitrogens is 3. The molecule has 2 aliphatic carbocycles. The Morgan fingerprint density at radius 2 is 1.76 bits per heavy atom. The number of aryl methyl sites for hydroxylation is 1. The Kier molecular flexibility index (Phi) is 8.44. The van der Waals surface area contributed by atoms with Crippen molar-refractivity contribution in [3.8, 4) is 0 Å². The van der Waals surface area contributed by atoms with E-state index in [0.717, 1.165) is 54.4 Å². The summed E-state index contributed by atoms with van der Waals surface area (Å²) < 4.78 is 61.4. The minimum Gasteiger partial charge on any atom is -0.348 e. The number of carbonyl (C=O) groups excluding carboxylic acids is 1. The number of pyridine rings is 1. The second kappa shape index (κ2) is 11.4. The highest BCUT2D eigenvalue weighted by atomic mass is 32.2.